The van der Waals surface area contributed by atoms with Gasteiger partial charge in [-0.05, 0) is 19.1 Å². The molecule has 1 rings (SSSR count). The molecule has 0 heterocycles. The third kappa shape index (κ3) is 3.43. The molecule has 0 spiro atoms. The van der Waals surface area contributed by atoms with Crippen LogP contribution in [-0.2, 0) is 4.74 Å². The van der Waals surface area contributed by atoms with Crippen LogP contribution in [0.25, 0.3) is 0 Å². The number of nitro groups is 1. The molecular weight excluding hydrogens is 268 g/mol. The van der Waals surface area contributed by atoms with E-state index < -0.39 is 29.6 Å². The number of methoxy groups -OCH3 is 1. The molecule has 20 heavy (non-hydrogen) atoms. The van der Waals surface area contributed by atoms with Crippen LogP contribution in [0.5, 0.6) is 0 Å². The van der Waals surface area contributed by atoms with Crippen LogP contribution in [0.2, 0.25) is 0 Å². The van der Waals surface area contributed by atoms with Crippen LogP contribution in [0.3, 0.4) is 0 Å². The first-order chi connectivity index (χ1) is 9.36. The van der Waals surface area contributed by atoms with E-state index in [2.05, 4.69) is 10.1 Å². The maximum Gasteiger partial charge on any atom is 0.337 e. The zero-order valence-corrected chi connectivity index (χ0v) is 11.1. The Morgan fingerprint density at radius 2 is 2.05 bits per heavy atom. The number of aliphatic hydroxyl groups is 2. The Morgan fingerprint density at radius 1 is 1.45 bits per heavy atom. The SMILES string of the molecule is COC(=O)c1ccc([N+](=O)[O-])c(NC(C)(CO)CO)c1. The molecule has 8 heteroatoms. The fourth-order valence-electron chi connectivity index (χ4n) is 1.49. The Bertz CT molecular complexity index is 513. The van der Waals surface area contributed by atoms with Crippen LogP contribution in [0.1, 0.15) is 17.3 Å². The maximum atomic E-state index is 11.4. The monoisotopic (exact) mass is 284 g/mol. The van der Waals surface area contributed by atoms with Crippen molar-refractivity contribution in [1.29, 1.82) is 0 Å². The van der Waals surface area contributed by atoms with Gasteiger partial charge in [-0.25, -0.2) is 4.79 Å². The maximum absolute atomic E-state index is 11.4. The van der Waals surface area contributed by atoms with Crippen LogP contribution >= 0.6 is 0 Å². The number of carbonyl (C=O) groups is 1. The van der Waals surface area contributed by atoms with Crippen molar-refractivity contribution < 1.29 is 24.7 Å². The van der Waals surface area contributed by atoms with Crippen LogP contribution in [0, 0.1) is 10.1 Å². The Kier molecular flexibility index (Phi) is 5.00. The number of hydrogen-bond acceptors (Lipinski definition) is 7. The molecule has 0 aliphatic rings. The van der Waals surface area contributed by atoms with Crippen molar-refractivity contribution in [1.82, 2.24) is 0 Å². The van der Waals surface area contributed by atoms with Crippen molar-refractivity contribution in [2.45, 2.75) is 12.5 Å². The summed E-state index contributed by atoms with van der Waals surface area (Å²) in [5, 5.41) is 32.1. The first-order valence-electron chi connectivity index (χ1n) is 5.73. The van der Waals surface area contributed by atoms with E-state index in [0.29, 0.717) is 0 Å². The summed E-state index contributed by atoms with van der Waals surface area (Å²) in [6.07, 6.45) is 0. The predicted octanol–water partition coefficient (Wildman–Crippen LogP) is 0.537. The number of nitrogens with zero attached hydrogens (tertiary/aromatic N) is 1. The van der Waals surface area contributed by atoms with Crippen molar-refractivity contribution in [3.63, 3.8) is 0 Å². The molecule has 3 N–H and O–H groups in total. The molecule has 1 aromatic carbocycles. The second-order valence-electron chi connectivity index (χ2n) is 4.48. The van der Waals surface area contributed by atoms with Gasteiger partial charge >= 0.3 is 5.97 Å². The van der Waals surface area contributed by atoms with Crippen molar-refractivity contribution in [3.05, 3.63) is 33.9 Å². The normalized spacial score (nSPS) is 11.0. The van der Waals surface area contributed by atoms with E-state index in [4.69, 9.17) is 0 Å². The first kappa shape index (κ1) is 15.9. The minimum Gasteiger partial charge on any atom is -0.465 e. The average molecular weight is 284 g/mol. The highest BCUT2D eigenvalue weighted by Crippen LogP contribution is 2.28. The predicted molar refractivity (Wildman–Crippen MR) is 70.6 cm³/mol. The van der Waals surface area contributed by atoms with Crippen molar-refractivity contribution in [2.24, 2.45) is 0 Å². The van der Waals surface area contributed by atoms with E-state index in [9.17, 15) is 25.1 Å². The van der Waals surface area contributed by atoms with E-state index >= 15 is 0 Å². The third-order valence-electron chi connectivity index (χ3n) is 2.75. The minimum absolute atomic E-state index is 0.0171. The summed E-state index contributed by atoms with van der Waals surface area (Å²) >= 11 is 0. The van der Waals surface area contributed by atoms with Gasteiger partial charge in [-0.2, -0.15) is 0 Å². The Balaban J connectivity index is 3.25. The Morgan fingerprint density at radius 3 is 2.50 bits per heavy atom. The standard InChI is InChI=1S/C12H16N2O6/c1-12(6-15,7-16)13-9-5-8(11(17)20-2)3-4-10(9)14(18)19/h3-5,13,15-16H,6-7H2,1-2H3. The quantitative estimate of drug-likeness (QED) is 0.396. The van der Waals surface area contributed by atoms with Crippen LogP contribution in [-0.4, -0.2) is 47.0 Å². The largest absolute Gasteiger partial charge is 0.465 e. The number of nitro benzene ring substituents is 1. The van der Waals surface area contributed by atoms with E-state index in [1.54, 1.807) is 0 Å². The van der Waals surface area contributed by atoms with Gasteiger partial charge in [-0.15, -0.1) is 0 Å². The number of rotatable bonds is 6. The van der Waals surface area contributed by atoms with Crippen LogP contribution < -0.4 is 5.32 Å². The van der Waals surface area contributed by atoms with Crippen molar-refractivity contribution >= 4 is 17.3 Å². The summed E-state index contributed by atoms with van der Waals surface area (Å²) in [5.74, 6) is -0.641. The molecule has 0 atom stereocenters. The smallest absolute Gasteiger partial charge is 0.337 e. The zero-order chi connectivity index (χ0) is 15.3. The van der Waals surface area contributed by atoms with Gasteiger partial charge in [0.25, 0.3) is 5.69 Å². The van der Waals surface area contributed by atoms with E-state index in [1.165, 1.54) is 26.2 Å². The molecule has 0 bridgehead atoms. The van der Waals surface area contributed by atoms with Crippen molar-refractivity contribution in [3.8, 4) is 0 Å². The van der Waals surface area contributed by atoms with Crippen molar-refractivity contribution in [2.75, 3.05) is 25.6 Å². The number of anilines is 1. The highest BCUT2D eigenvalue weighted by atomic mass is 16.6. The highest BCUT2D eigenvalue weighted by molar-refractivity contribution is 5.91. The van der Waals surface area contributed by atoms with Gasteiger partial charge in [-0.1, -0.05) is 0 Å². The molecule has 0 radical (unpaired) electrons. The second-order valence-corrected chi connectivity index (χ2v) is 4.48. The third-order valence-corrected chi connectivity index (χ3v) is 2.75. The van der Waals surface area contributed by atoms with Gasteiger partial charge in [0.1, 0.15) is 5.69 Å². The fourth-order valence-corrected chi connectivity index (χ4v) is 1.49. The van der Waals surface area contributed by atoms with Gasteiger partial charge < -0.3 is 20.3 Å². The van der Waals surface area contributed by atoms with E-state index in [0.717, 1.165) is 6.07 Å². The number of aliphatic hydroxyl groups excluding tert-OH is 2. The molecule has 0 saturated heterocycles. The molecule has 0 aliphatic heterocycles. The summed E-state index contributed by atoms with van der Waals surface area (Å²) in [5.41, 5.74) is -1.28. The second kappa shape index (κ2) is 6.31. The average Bonchev–Trinajstić information content (AvgIpc) is 2.45. The molecule has 1 aromatic rings. The molecule has 0 fully saturated rings. The lowest BCUT2D eigenvalue weighted by molar-refractivity contribution is -0.384. The molecule has 0 aromatic heterocycles. The van der Waals surface area contributed by atoms with E-state index in [-0.39, 0.29) is 16.9 Å². The number of nitrogens with one attached hydrogen (secondary N) is 1. The first-order valence-corrected chi connectivity index (χ1v) is 5.73. The van der Waals surface area contributed by atoms with Gasteiger partial charge in [0.2, 0.25) is 0 Å². The topological polar surface area (TPSA) is 122 Å². The fraction of sp³-hybridized carbons (Fsp3) is 0.417. The number of hydrogen-bond donors (Lipinski definition) is 3. The zero-order valence-electron chi connectivity index (χ0n) is 11.1. The molecule has 0 saturated carbocycles. The lowest BCUT2D eigenvalue weighted by Crippen LogP contribution is -2.42. The number of carbonyl (C=O) groups excluding carboxylic acids is 1. The molecule has 0 unspecified atom stereocenters. The molecule has 0 amide bonds. The van der Waals surface area contributed by atoms with E-state index in [1.807, 2.05) is 0 Å². The summed E-state index contributed by atoms with van der Waals surface area (Å²) < 4.78 is 4.54. The van der Waals surface area contributed by atoms with Gasteiger partial charge in [0.05, 0.1) is 36.3 Å². The summed E-state index contributed by atoms with van der Waals surface area (Å²) in [7, 11) is 1.20. The van der Waals surface area contributed by atoms with Crippen LogP contribution in [0.4, 0.5) is 11.4 Å². The molecule has 0 aliphatic carbocycles. The molecule has 8 nitrogen and oxygen atoms in total. The minimum atomic E-state index is -1.15. The molecule has 110 valence electrons. The number of esters is 1. The lowest BCUT2D eigenvalue weighted by atomic mass is 10.0. The van der Waals surface area contributed by atoms with Gasteiger partial charge in [-0.3, -0.25) is 10.1 Å². The summed E-state index contributed by atoms with van der Waals surface area (Å²) in [4.78, 5) is 21.8. The lowest BCUT2D eigenvalue weighted by Gasteiger charge is -2.27. The van der Waals surface area contributed by atoms with Gasteiger partial charge in [0, 0.05) is 6.07 Å². The van der Waals surface area contributed by atoms with Crippen LogP contribution in [0.15, 0.2) is 18.2 Å². The molecular formula is C12H16N2O6. The number of benzene rings is 1. The Hall–Kier alpha value is -2.19. The Labute approximate surface area is 115 Å². The van der Waals surface area contributed by atoms with Gasteiger partial charge in [0.15, 0.2) is 0 Å². The number of ether oxygens (including phenoxy) is 1. The highest BCUT2D eigenvalue weighted by Gasteiger charge is 2.26. The summed E-state index contributed by atoms with van der Waals surface area (Å²) in [6, 6.07) is 3.67. The summed E-state index contributed by atoms with van der Waals surface area (Å²) in [6.45, 7) is 0.605.